The normalized spacial score (nSPS) is 16.0. The van der Waals surface area contributed by atoms with Gasteiger partial charge < -0.3 is 15.6 Å². The summed E-state index contributed by atoms with van der Waals surface area (Å²) in [6.07, 6.45) is 1.84. The number of carbonyl (C=O) groups is 5. The summed E-state index contributed by atoms with van der Waals surface area (Å²) >= 11 is 0. The highest BCUT2D eigenvalue weighted by molar-refractivity contribution is 6.38. The molecule has 1 fully saturated rings. The van der Waals surface area contributed by atoms with Gasteiger partial charge >= 0.3 is 0 Å². The van der Waals surface area contributed by atoms with E-state index < -0.39 is 35.5 Å². The topological polar surface area (TPSA) is 138 Å². The molecule has 0 saturated heterocycles. The molecule has 3 N–H and O–H groups in total. The lowest BCUT2D eigenvalue weighted by atomic mass is 9.91. The fourth-order valence-electron chi connectivity index (χ4n) is 5.53. The first-order chi connectivity index (χ1) is 20.9. The van der Waals surface area contributed by atoms with Gasteiger partial charge in [-0.2, -0.15) is 0 Å². The molecule has 0 aliphatic heterocycles. The Kier molecular flexibility index (Phi) is 9.51. The largest absolute Gasteiger partial charge is 0.345 e. The first-order valence-corrected chi connectivity index (χ1v) is 14.6. The average Bonchev–Trinajstić information content (AvgIpc) is 3.65. The van der Waals surface area contributed by atoms with Gasteiger partial charge in [0.05, 0.1) is 17.1 Å². The van der Waals surface area contributed by atoms with E-state index in [9.17, 15) is 24.0 Å². The fourth-order valence-corrected chi connectivity index (χ4v) is 5.53. The Balaban J connectivity index is 1.34. The van der Waals surface area contributed by atoms with E-state index in [1.165, 1.54) is 0 Å². The maximum Gasteiger partial charge on any atom is 0.289 e. The molecule has 1 aliphatic rings. The number of benzene rings is 3. The third-order valence-electron chi connectivity index (χ3n) is 7.88. The molecule has 0 unspecified atom stereocenters. The summed E-state index contributed by atoms with van der Waals surface area (Å²) < 4.78 is 0. The molecule has 1 saturated carbocycles. The highest BCUT2D eigenvalue weighted by Gasteiger charge is 2.35. The molecule has 3 aromatic carbocycles. The van der Waals surface area contributed by atoms with Crippen LogP contribution in [0.1, 0.15) is 53.8 Å². The molecule has 9 heteroatoms. The van der Waals surface area contributed by atoms with Crippen molar-refractivity contribution in [1.82, 2.24) is 20.6 Å². The second-order valence-corrected chi connectivity index (χ2v) is 11.0. The summed E-state index contributed by atoms with van der Waals surface area (Å²) in [6.45, 7) is 0.150. The van der Waals surface area contributed by atoms with Crippen molar-refractivity contribution in [3.8, 4) is 0 Å². The lowest BCUT2D eigenvalue weighted by Crippen LogP contribution is -2.50. The molecule has 2 amide bonds. The Morgan fingerprint density at radius 3 is 2.23 bits per heavy atom. The number of amides is 2. The Bertz CT molecular complexity index is 1580. The molecule has 1 aromatic heterocycles. The summed E-state index contributed by atoms with van der Waals surface area (Å²) in [5.74, 6) is -3.61. The van der Waals surface area contributed by atoms with E-state index in [-0.39, 0.29) is 43.2 Å². The number of rotatable bonds is 13. The minimum Gasteiger partial charge on any atom is -0.345 e. The van der Waals surface area contributed by atoms with Gasteiger partial charge in [-0.1, -0.05) is 72.8 Å². The van der Waals surface area contributed by atoms with Crippen LogP contribution in [-0.4, -0.2) is 45.2 Å². The number of ketones is 3. The van der Waals surface area contributed by atoms with E-state index in [0.717, 1.165) is 11.1 Å². The second-order valence-electron chi connectivity index (χ2n) is 11.0. The van der Waals surface area contributed by atoms with Crippen LogP contribution >= 0.6 is 0 Å². The smallest absolute Gasteiger partial charge is 0.289 e. The number of nitrogens with zero attached hydrogens (tertiary/aromatic N) is 1. The van der Waals surface area contributed by atoms with Crippen LogP contribution in [0.15, 0.2) is 84.9 Å². The van der Waals surface area contributed by atoms with Gasteiger partial charge in [0.1, 0.15) is 5.78 Å². The summed E-state index contributed by atoms with van der Waals surface area (Å²) in [4.78, 5) is 73.4. The van der Waals surface area contributed by atoms with Gasteiger partial charge in [0, 0.05) is 31.2 Å². The monoisotopic (exact) mass is 578 g/mol. The zero-order valence-corrected chi connectivity index (χ0v) is 23.8. The van der Waals surface area contributed by atoms with Crippen molar-refractivity contribution in [2.75, 3.05) is 0 Å². The summed E-state index contributed by atoms with van der Waals surface area (Å²) in [5.41, 5.74) is 3.02. The van der Waals surface area contributed by atoms with Crippen LogP contribution in [0.3, 0.4) is 0 Å². The SMILES string of the molecule is O=C(NCc1ccccc1)C(=O)[C@H](C[C@@H]1CCCC1=O)NC(=O)[C@@H](CC(=O)c1nc2ccccc2[nH]1)Cc1ccccc1. The predicted molar refractivity (Wildman–Crippen MR) is 161 cm³/mol. The molecule has 0 spiro atoms. The number of aromatic amines is 1. The zero-order valence-electron chi connectivity index (χ0n) is 23.8. The van der Waals surface area contributed by atoms with Gasteiger partial charge in [0.2, 0.25) is 11.7 Å². The highest BCUT2D eigenvalue weighted by Crippen LogP contribution is 2.26. The van der Waals surface area contributed by atoms with Gasteiger partial charge in [-0.15, -0.1) is 0 Å². The van der Waals surface area contributed by atoms with Crippen molar-refractivity contribution in [2.24, 2.45) is 11.8 Å². The van der Waals surface area contributed by atoms with E-state index in [1.54, 1.807) is 6.07 Å². The van der Waals surface area contributed by atoms with Gasteiger partial charge in [-0.3, -0.25) is 24.0 Å². The quantitative estimate of drug-likeness (QED) is 0.161. The van der Waals surface area contributed by atoms with Crippen LogP contribution in [0.2, 0.25) is 0 Å². The van der Waals surface area contributed by atoms with Gasteiger partial charge in [-0.05, 0) is 48.9 Å². The molecule has 5 rings (SSSR count). The second kappa shape index (κ2) is 13.8. The molecule has 1 aliphatic carbocycles. The molecule has 4 aromatic rings. The van der Waals surface area contributed by atoms with Crippen molar-refractivity contribution >= 4 is 40.2 Å². The Morgan fingerprint density at radius 1 is 0.884 bits per heavy atom. The van der Waals surface area contributed by atoms with Crippen LogP contribution < -0.4 is 10.6 Å². The number of Topliss-reactive ketones (excluding diaryl/α,β-unsaturated/α-hetero) is 3. The zero-order chi connectivity index (χ0) is 30.2. The highest BCUT2D eigenvalue weighted by atomic mass is 16.2. The van der Waals surface area contributed by atoms with Crippen molar-refractivity contribution < 1.29 is 24.0 Å². The number of hydrogen-bond acceptors (Lipinski definition) is 6. The van der Waals surface area contributed by atoms with Gasteiger partial charge in [-0.25, -0.2) is 4.98 Å². The van der Waals surface area contributed by atoms with Crippen LogP contribution in [-0.2, 0) is 32.1 Å². The molecular weight excluding hydrogens is 544 g/mol. The average molecular weight is 579 g/mol. The summed E-state index contributed by atoms with van der Waals surface area (Å²) in [7, 11) is 0. The van der Waals surface area contributed by atoms with Crippen LogP contribution in [0.5, 0.6) is 0 Å². The molecule has 0 bridgehead atoms. The molecule has 1 heterocycles. The summed E-state index contributed by atoms with van der Waals surface area (Å²) in [5, 5.41) is 5.40. The predicted octanol–water partition coefficient (Wildman–Crippen LogP) is 4.12. The number of aromatic nitrogens is 2. The molecule has 220 valence electrons. The molecule has 3 atom stereocenters. The maximum absolute atomic E-state index is 13.8. The van der Waals surface area contributed by atoms with Crippen LogP contribution in [0.25, 0.3) is 11.0 Å². The van der Waals surface area contributed by atoms with Gasteiger partial charge in [0.15, 0.2) is 11.6 Å². The Hall–Kier alpha value is -4.92. The Morgan fingerprint density at radius 2 is 1.56 bits per heavy atom. The number of hydrogen-bond donors (Lipinski definition) is 3. The van der Waals surface area contributed by atoms with E-state index in [2.05, 4.69) is 20.6 Å². The minimum atomic E-state index is -1.20. The van der Waals surface area contributed by atoms with E-state index >= 15 is 0 Å². The lowest BCUT2D eigenvalue weighted by Gasteiger charge is -2.23. The first kappa shape index (κ1) is 29.6. The molecule has 43 heavy (non-hydrogen) atoms. The minimum absolute atomic E-state index is 0.0256. The molecule has 9 nitrogen and oxygen atoms in total. The van der Waals surface area contributed by atoms with E-state index in [1.807, 2.05) is 78.9 Å². The first-order valence-electron chi connectivity index (χ1n) is 14.6. The van der Waals surface area contributed by atoms with Crippen molar-refractivity contribution in [3.05, 3.63) is 102 Å². The number of imidazole rings is 1. The van der Waals surface area contributed by atoms with E-state index in [4.69, 9.17) is 0 Å². The standard InChI is InChI=1S/C34H34N4O5/c39-29-17-9-14-24(29)19-28(31(41)34(43)35-21-23-12-5-2-6-13-23)38-33(42)25(18-22-10-3-1-4-11-22)20-30(40)32-36-26-15-7-8-16-27(26)37-32/h1-8,10-13,15-16,24-25,28H,9,14,17-21H2,(H,35,43)(H,36,37)(H,38,42)/t24-,25+,28-/m0/s1. The lowest BCUT2D eigenvalue weighted by molar-refractivity contribution is -0.141. The third-order valence-corrected chi connectivity index (χ3v) is 7.88. The van der Waals surface area contributed by atoms with Crippen molar-refractivity contribution in [2.45, 2.75) is 51.1 Å². The number of fused-ring (bicyclic) bond motifs is 1. The van der Waals surface area contributed by atoms with Gasteiger partial charge in [0.25, 0.3) is 5.91 Å². The number of carbonyl (C=O) groups excluding carboxylic acids is 5. The van der Waals surface area contributed by atoms with Crippen LogP contribution in [0.4, 0.5) is 0 Å². The Labute approximate surface area is 249 Å². The summed E-state index contributed by atoms with van der Waals surface area (Å²) in [6, 6.07) is 24.5. The van der Waals surface area contributed by atoms with E-state index in [0.29, 0.717) is 30.3 Å². The molecule has 0 radical (unpaired) electrons. The maximum atomic E-state index is 13.8. The van der Waals surface area contributed by atoms with Crippen LogP contribution in [0, 0.1) is 11.8 Å². The van der Waals surface area contributed by atoms with Crippen molar-refractivity contribution in [1.29, 1.82) is 0 Å². The fraction of sp³-hybridized carbons (Fsp3) is 0.294. The number of nitrogens with one attached hydrogen (secondary N) is 3. The molecular formula is C34H34N4O5. The number of para-hydroxylation sites is 2. The third kappa shape index (κ3) is 7.68. The number of H-pyrrole nitrogens is 1. The van der Waals surface area contributed by atoms with Crippen molar-refractivity contribution in [3.63, 3.8) is 0 Å².